The van der Waals surface area contributed by atoms with Gasteiger partial charge in [0.15, 0.2) is 0 Å². The van der Waals surface area contributed by atoms with Crippen LogP contribution < -0.4 is 5.32 Å². The zero-order valence-corrected chi connectivity index (χ0v) is 12.4. The molecule has 0 aliphatic carbocycles. The van der Waals surface area contributed by atoms with Crippen LogP contribution in [0, 0.1) is 16.0 Å². The summed E-state index contributed by atoms with van der Waals surface area (Å²) < 4.78 is 0.868. The lowest BCUT2D eigenvalue weighted by atomic mass is 10.0. The Labute approximate surface area is 116 Å². The highest BCUT2D eigenvalue weighted by Crippen LogP contribution is 2.22. The second kappa shape index (κ2) is 7.48. The molecule has 0 fully saturated rings. The minimum atomic E-state index is -0.333. The molecule has 0 heterocycles. The van der Waals surface area contributed by atoms with Gasteiger partial charge in [-0.25, -0.2) is 0 Å². The van der Waals surface area contributed by atoms with E-state index in [0.717, 1.165) is 29.4 Å². The number of nitro benzene ring substituents is 1. The molecule has 4 nitrogen and oxygen atoms in total. The Morgan fingerprint density at radius 1 is 1.39 bits per heavy atom. The van der Waals surface area contributed by atoms with Gasteiger partial charge in [-0.15, -0.1) is 0 Å². The van der Waals surface area contributed by atoms with Gasteiger partial charge < -0.3 is 5.32 Å². The van der Waals surface area contributed by atoms with Gasteiger partial charge in [0.25, 0.3) is 5.69 Å². The zero-order chi connectivity index (χ0) is 13.5. The fraction of sp³-hybridized carbons (Fsp3) is 0.538. The first-order chi connectivity index (χ1) is 8.58. The summed E-state index contributed by atoms with van der Waals surface area (Å²) in [5, 5.41) is 14.2. The summed E-state index contributed by atoms with van der Waals surface area (Å²) in [6.45, 7) is 5.76. The average molecular weight is 315 g/mol. The van der Waals surface area contributed by atoms with E-state index >= 15 is 0 Å². The summed E-state index contributed by atoms with van der Waals surface area (Å²) in [7, 11) is 0. The lowest BCUT2D eigenvalue weighted by Gasteiger charge is -2.13. The Morgan fingerprint density at radius 2 is 2.06 bits per heavy atom. The smallest absolute Gasteiger partial charge is 0.273 e. The van der Waals surface area contributed by atoms with E-state index in [1.165, 1.54) is 6.07 Å². The molecule has 0 aliphatic heterocycles. The second-order valence-electron chi connectivity index (χ2n) is 4.34. The van der Waals surface area contributed by atoms with Crippen LogP contribution in [0.5, 0.6) is 0 Å². The van der Waals surface area contributed by atoms with Gasteiger partial charge in [0.05, 0.1) is 4.92 Å². The number of nitro groups is 1. The summed E-state index contributed by atoms with van der Waals surface area (Å²) >= 11 is 3.34. The van der Waals surface area contributed by atoms with Gasteiger partial charge in [0.2, 0.25) is 0 Å². The Bertz CT molecular complexity index is 406. The predicted molar refractivity (Wildman–Crippen MR) is 76.6 cm³/mol. The molecule has 0 spiro atoms. The molecule has 0 saturated carbocycles. The van der Waals surface area contributed by atoms with Crippen molar-refractivity contribution in [1.29, 1.82) is 0 Å². The molecule has 0 amide bonds. The molecule has 0 aromatic heterocycles. The number of nitrogens with zero attached hydrogens (tertiary/aromatic N) is 1. The lowest BCUT2D eigenvalue weighted by Crippen LogP contribution is -2.22. The van der Waals surface area contributed by atoms with Crippen LogP contribution in [-0.4, -0.2) is 11.5 Å². The van der Waals surface area contributed by atoms with E-state index in [1.807, 2.05) is 0 Å². The summed E-state index contributed by atoms with van der Waals surface area (Å²) in [5.74, 6) is 0.635. The van der Waals surface area contributed by atoms with E-state index in [-0.39, 0.29) is 10.6 Å². The molecule has 1 N–H and O–H groups in total. The average Bonchev–Trinajstić information content (AvgIpc) is 2.34. The molecule has 1 rings (SSSR count). The van der Waals surface area contributed by atoms with Gasteiger partial charge in [-0.1, -0.05) is 42.6 Å². The van der Waals surface area contributed by atoms with Crippen LogP contribution in [-0.2, 0) is 6.54 Å². The summed E-state index contributed by atoms with van der Waals surface area (Å²) in [6.07, 6.45) is 2.26. The van der Waals surface area contributed by atoms with E-state index in [4.69, 9.17) is 0 Å². The Morgan fingerprint density at radius 3 is 2.61 bits per heavy atom. The fourth-order valence-electron chi connectivity index (χ4n) is 1.86. The SMILES string of the molecule is CCC(CC)CNCc1cc(Br)ccc1[N+](=O)[O-]. The molecule has 0 aliphatic rings. The third kappa shape index (κ3) is 4.38. The van der Waals surface area contributed by atoms with Crippen LogP contribution >= 0.6 is 15.9 Å². The van der Waals surface area contributed by atoms with Crippen molar-refractivity contribution >= 4 is 21.6 Å². The van der Waals surface area contributed by atoms with Gasteiger partial charge in [-0.3, -0.25) is 10.1 Å². The highest BCUT2D eigenvalue weighted by molar-refractivity contribution is 9.10. The second-order valence-corrected chi connectivity index (χ2v) is 5.26. The number of nitrogens with one attached hydrogen (secondary N) is 1. The van der Waals surface area contributed by atoms with Crippen molar-refractivity contribution < 1.29 is 4.92 Å². The maximum Gasteiger partial charge on any atom is 0.273 e. The molecular weight excluding hydrogens is 296 g/mol. The van der Waals surface area contributed by atoms with E-state index in [1.54, 1.807) is 12.1 Å². The molecule has 5 heteroatoms. The fourth-order valence-corrected chi connectivity index (χ4v) is 2.27. The molecule has 0 unspecified atom stereocenters. The van der Waals surface area contributed by atoms with Crippen LogP contribution in [0.1, 0.15) is 32.3 Å². The monoisotopic (exact) mass is 314 g/mol. The molecule has 0 radical (unpaired) electrons. The highest BCUT2D eigenvalue weighted by atomic mass is 79.9. The summed E-state index contributed by atoms with van der Waals surface area (Å²) in [5.41, 5.74) is 0.899. The van der Waals surface area contributed by atoms with Crippen molar-refractivity contribution in [3.8, 4) is 0 Å². The van der Waals surface area contributed by atoms with Crippen LogP contribution in [0.3, 0.4) is 0 Å². The number of benzene rings is 1. The Kier molecular flexibility index (Phi) is 6.29. The molecule has 0 bridgehead atoms. The van der Waals surface area contributed by atoms with Crippen molar-refractivity contribution in [2.24, 2.45) is 5.92 Å². The van der Waals surface area contributed by atoms with Crippen LogP contribution in [0.25, 0.3) is 0 Å². The number of hydrogen-bond acceptors (Lipinski definition) is 3. The first-order valence-corrected chi connectivity index (χ1v) is 7.01. The first-order valence-electron chi connectivity index (χ1n) is 6.22. The van der Waals surface area contributed by atoms with Crippen molar-refractivity contribution in [3.05, 3.63) is 38.3 Å². The minimum Gasteiger partial charge on any atom is -0.312 e. The van der Waals surface area contributed by atoms with Crippen molar-refractivity contribution in [2.75, 3.05) is 6.54 Å². The zero-order valence-electron chi connectivity index (χ0n) is 10.8. The molecule has 1 aromatic carbocycles. The quantitative estimate of drug-likeness (QED) is 0.613. The topological polar surface area (TPSA) is 55.2 Å². The van der Waals surface area contributed by atoms with Crippen LogP contribution in [0.4, 0.5) is 5.69 Å². The van der Waals surface area contributed by atoms with E-state index in [0.29, 0.717) is 12.5 Å². The van der Waals surface area contributed by atoms with E-state index in [2.05, 4.69) is 35.1 Å². The number of rotatable bonds is 7. The maximum atomic E-state index is 10.9. The highest BCUT2D eigenvalue weighted by Gasteiger charge is 2.13. The summed E-state index contributed by atoms with van der Waals surface area (Å²) in [4.78, 5) is 10.6. The maximum absolute atomic E-state index is 10.9. The largest absolute Gasteiger partial charge is 0.312 e. The van der Waals surface area contributed by atoms with Gasteiger partial charge in [-0.05, 0) is 24.6 Å². The van der Waals surface area contributed by atoms with Gasteiger partial charge >= 0.3 is 0 Å². The minimum absolute atomic E-state index is 0.176. The Hall–Kier alpha value is -0.940. The van der Waals surface area contributed by atoms with Crippen LogP contribution in [0.15, 0.2) is 22.7 Å². The molecule has 0 atom stereocenters. The molecule has 100 valence electrons. The van der Waals surface area contributed by atoms with Crippen molar-refractivity contribution in [2.45, 2.75) is 33.2 Å². The normalized spacial score (nSPS) is 10.9. The molecule has 18 heavy (non-hydrogen) atoms. The van der Waals surface area contributed by atoms with Gasteiger partial charge in [0.1, 0.15) is 0 Å². The third-order valence-electron chi connectivity index (χ3n) is 3.14. The van der Waals surface area contributed by atoms with Gasteiger partial charge in [-0.2, -0.15) is 0 Å². The van der Waals surface area contributed by atoms with Crippen molar-refractivity contribution in [3.63, 3.8) is 0 Å². The van der Waals surface area contributed by atoms with Gasteiger partial charge in [0, 0.05) is 22.6 Å². The lowest BCUT2D eigenvalue weighted by molar-refractivity contribution is -0.385. The molecule has 1 aromatic rings. The number of hydrogen-bond donors (Lipinski definition) is 1. The predicted octanol–water partition coefficient (Wildman–Crippen LogP) is 3.88. The first kappa shape index (κ1) is 15.1. The van der Waals surface area contributed by atoms with Crippen LogP contribution in [0.2, 0.25) is 0 Å². The summed E-state index contributed by atoms with van der Waals surface area (Å²) in [6, 6.07) is 5.04. The Balaban J connectivity index is 2.66. The van der Waals surface area contributed by atoms with E-state index < -0.39 is 0 Å². The molecule has 0 saturated heterocycles. The van der Waals surface area contributed by atoms with E-state index in [9.17, 15) is 10.1 Å². The van der Waals surface area contributed by atoms with Crippen molar-refractivity contribution in [1.82, 2.24) is 5.32 Å². The molecular formula is C13H19BrN2O2. The number of halogens is 1. The third-order valence-corrected chi connectivity index (χ3v) is 3.63. The standard InChI is InChI=1S/C13H19BrN2O2/c1-3-10(4-2)8-15-9-11-7-12(14)5-6-13(11)16(17)18/h5-7,10,15H,3-4,8-9H2,1-2H3.